The largest absolute Gasteiger partial charge is 0.494 e. The van der Waals surface area contributed by atoms with Crippen LogP contribution in [0.3, 0.4) is 0 Å². The molecule has 2 aromatic rings. The highest BCUT2D eigenvalue weighted by Gasteiger charge is 2.24. The van der Waals surface area contributed by atoms with Crippen LogP contribution in [0, 0.1) is 5.92 Å². The monoisotopic (exact) mass is 327 g/mol. The van der Waals surface area contributed by atoms with Crippen LogP contribution in [-0.4, -0.2) is 41.7 Å². The Bertz CT molecular complexity index is 787. The third-order valence-corrected chi connectivity index (χ3v) is 4.85. The van der Waals surface area contributed by atoms with Crippen LogP contribution in [-0.2, 0) is 4.74 Å². The van der Waals surface area contributed by atoms with Gasteiger partial charge in [0.05, 0.1) is 36.6 Å². The van der Waals surface area contributed by atoms with E-state index in [1.165, 1.54) is 12.8 Å². The number of rotatable bonds is 5. The third-order valence-electron chi connectivity index (χ3n) is 4.85. The number of nitrogens with zero attached hydrogens (tertiary/aromatic N) is 2. The second kappa shape index (κ2) is 6.13. The molecule has 5 heteroatoms. The van der Waals surface area contributed by atoms with Crippen LogP contribution in [0.2, 0.25) is 0 Å². The number of hydrogen-bond donors (Lipinski definition) is 2. The van der Waals surface area contributed by atoms with Crippen LogP contribution in [0.5, 0.6) is 5.88 Å². The topological polar surface area (TPSA) is 58.8 Å². The summed E-state index contributed by atoms with van der Waals surface area (Å²) in [5.41, 5.74) is 3.83. The Kier molecular flexibility index (Phi) is 3.96. The van der Waals surface area contributed by atoms with Crippen molar-refractivity contribution in [1.29, 1.82) is 0 Å². The molecule has 128 valence electrons. The molecule has 1 aromatic heterocycles. The molecular formula is C19H25N3O2. The molecule has 0 saturated heterocycles. The van der Waals surface area contributed by atoms with Gasteiger partial charge in [-0.1, -0.05) is 0 Å². The third kappa shape index (κ3) is 2.77. The van der Waals surface area contributed by atoms with Gasteiger partial charge in [-0.2, -0.15) is 0 Å². The first-order valence-corrected chi connectivity index (χ1v) is 8.87. The minimum Gasteiger partial charge on any atom is -0.494 e. The highest BCUT2D eigenvalue weighted by Crippen LogP contribution is 2.37. The molecule has 0 spiro atoms. The van der Waals surface area contributed by atoms with Crippen molar-refractivity contribution < 1.29 is 9.84 Å². The Morgan fingerprint density at radius 1 is 1.38 bits per heavy atom. The van der Waals surface area contributed by atoms with Gasteiger partial charge in [0.2, 0.25) is 5.88 Å². The Balaban J connectivity index is 1.82. The molecule has 1 saturated carbocycles. The smallest absolute Gasteiger partial charge is 0.201 e. The van der Waals surface area contributed by atoms with Crippen molar-refractivity contribution in [3.63, 3.8) is 0 Å². The fourth-order valence-electron chi connectivity index (χ4n) is 3.41. The Morgan fingerprint density at radius 3 is 2.88 bits per heavy atom. The molecule has 1 aliphatic carbocycles. The highest BCUT2D eigenvalue weighted by atomic mass is 16.5. The van der Waals surface area contributed by atoms with Gasteiger partial charge in [0.1, 0.15) is 0 Å². The maximum Gasteiger partial charge on any atom is 0.201 e. The molecule has 0 bridgehead atoms. The number of anilines is 1. The van der Waals surface area contributed by atoms with Crippen LogP contribution in [0.15, 0.2) is 23.2 Å². The average Bonchev–Trinajstić information content (AvgIpc) is 3.35. The van der Waals surface area contributed by atoms with E-state index in [9.17, 15) is 5.11 Å². The molecule has 0 radical (unpaired) electrons. The molecule has 1 fully saturated rings. The van der Waals surface area contributed by atoms with Crippen LogP contribution < -0.4 is 5.32 Å². The molecule has 1 aromatic carbocycles. The summed E-state index contributed by atoms with van der Waals surface area (Å²) >= 11 is 0. The summed E-state index contributed by atoms with van der Waals surface area (Å²) in [5.74, 6) is 1.12. The minimum atomic E-state index is 0.177. The lowest BCUT2D eigenvalue weighted by Crippen LogP contribution is -2.18. The van der Waals surface area contributed by atoms with Gasteiger partial charge in [-0.25, -0.2) is 0 Å². The van der Waals surface area contributed by atoms with Crippen LogP contribution in [0.25, 0.3) is 10.9 Å². The van der Waals surface area contributed by atoms with E-state index in [1.54, 1.807) is 0 Å². The van der Waals surface area contributed by atoms with Gasteiger partial charge in [-0.15, -0.1) is 0 Å². The number of hydrogen-bond acceptors (Lipinski definition) is 4. The molecule has 5 nitrogen and oxygen atoms in total. The number of nitrogens with one attached hydrogen (secondary N) is 1. The summed E-state index contributed by atoms with van der Waals surface area (Å²) in [6.07, 6.45) is 2.66. The molecule has 1 aliphatic heterocycles. The predicted octanol–water partition coefficient (Wildman–Crippen LogP) is 3.57. The van der Waals surface area contributed by atoms with Gasteiger partial charge >= 0.3 is 0 Å². The first kappa shape index (κ1) is 15.5. The van der Waals surface area contributed by atoms with E-state index < -0.39 is 0 Å². The van der Waals surface area contributed by atoms with Crippen LogP contribution in [0.4, 0.5) is 5.69 Å². The summed E-state index contributed by atoms with van der Waals surface area (Å²) in [7, 11) is 0. The normalized spacial score (nSPS) is 18.2. The summed E-state index contributed by atoms with van der Waals surface area (Å²) in [4.78, 5) is 4.60. The van der Waals surface area contributed by atoms with E-state index in [4.69, 9.17) is 4.74 Å². The van der Waals surface area contributed by atoms with Crippen molar-refractivity contribution in [1.82, 2.24) is 4.57 Å². The van der Waals surface area contributed by atoms with Crippen molar-refractivity contribution in [3.8, 4) is 5.88 Å². The Morgan fingerprint density at radius 2 is 2.21 bits per heavy atom. The van der Waals surface area contributed by atoms with E-state index in [0.717, 1.165) is 40.3 Å². The lowest BCUT2D eigenvalue weighted by molar-refractivity contribution is 0.171. The van der Waals surface area contributed by atoms with Crippen LogP contribution in [0.1, 0.15) is 38.3 Å². The summed E-state index contributed by atoms with van der Waals surface area (Å²) in [6.45, 7) is 6.97. The number of aliphatic imine (C=N–C) groups is 1. The molecule has 0 unspecified atom stereocenters. The van der Waals surface area contributed by atoms with Crippen molar-refractivity contribution in [2.45, 2.75) is 32.7 Å². The SMILES string of the molecule is CC(C)n1c(O)c(C2=NCCOC2)c2cc(NCC3CC3)ccc21. The van der Waals surface area contributed by atoms with Gasteiger partial charge in [-0.3, -0.25) is 4.99 Å². The average molecular weight is 327 g/mol. The number of aromatic hydroxyl groups is 1. The summed E-state index contributed by atoms with van der Waals surface area (Å²) < 4.78 is 7.54. The lowest BCUT2D eigenvalue weighted by Gasteiger charge is -2.14. The Labute approximate surface area is 142 Å². The molecule has 0 amide bonds. The molecule has 2 heterocycles. The van der Waals surface area contributed by atoms with Crippen molar-refractivity contribution in [2.24, 2.45) is 10.9 Å². The first-order valence-electron chi connectivity index (χ1n) is 8.87. The fourth-order valence-corrected chi connectivity index (χ4v) is 3.41. The van der Waals surface area contributed by atoms with E-state index in [1.807, 2.05) is 4.57 Å². The first-order chi connectivity index (χ1) is 11.6. The number of aromatic nitrogens is 1. The van der Waals surface area contributed by atoms with Gasteiger partial charge < -0.3 is 19.7 Å². The Hall–Kier alpha value is -2.01. The molecule has 2 aliphatic rings. The molecular weight excluding hydrogens is 302 g/mol. The predicted molar refractivity (Wildman–Crippen MR) is 97.4 cm³/mol. The minimum absolute atomic E-state index is 0.177. The van der Waals surface area contributed by atoms with Crippen molar-refractivity contribution in [3.05, 3.63) is 23.8 Å². The van der Waals surface area contributed by atoms with Crippen molar-refractivity contribution in [2.75, 3.05) is 31.6 Å². The second-order valence-electron chi connectivity index (χ2n) is 7.10. The second-order valence-corrected chi connectivity index (χ2v) is 7.10. The van der Waals surface area contributed by atoms with E-state index in [0.29, 0.717) is 25.6 Å². The van der Waals surface area contributed by atoms with E-state index >= 15 is 0 Å². The maximum atomic E-state index is 10.9. The highest BCUT2D eigenvalue weighted by molar-refractivity contribution is 6.14. The zero-order valence-electron chi connectivity index (χ0n) is 14.4. The lowest BCUT2D eigenvalue weighted by atomic mass is 10.1. The molecule has 0 atom stereocenters. The van der Waals surface area contributed by atoms with Gasteiger partial charge in [0.15, 0.2) is 0 Å². The molecule has 2 N–H and O–H groups in total. The number of fused-ring (bicyclic) bond motifs is 1. The quantitative estimate of drug-likeness (QED) is 0.882. The fraction of sp³-hybridized carbons (Fsp3) is 0.526. The zero-order chi connectivity index (χ0) is 16.7. The van der Waals surface area contributed by atoms with Gasteiger partial charge in [0, 0.05) is 23.7 Å². The van der Waals surface area contributed by atoms with Crippen LogP contribution >= 0.6 is 0 Å². The van der Waals surface area contributed by atoms with E-state index in [-0.39, 0.29) is 6.04 Å². The zero-order valence-corrected chi connectivity index (χ0v) is 14.4. The van der Waals surface area contributed by atoms with Gasteiger partial charge in [0.25, 0.3) is 0 Å². The molecule has 4 rings (SSSR count). The number of benzene rings is 1. The number of ether oxygens (including phenoxy) is 1. The maximum absolute atomic E-state index is 10.9. The van der Waals surface area contributed by atoms with Gasteiger partial charge in [-0.05, 0) is 50.8 Å². The summed E-state index contributed by atoms with van der Waals surface area (Å²) in [5, 5.41) is 15.4. The van der Waals surface area contributed by atoms with E-state index in [2.05, 4.69) is 42.4 Å². The molecule has 24 heavy (non-hydrogen) atoms. The van der Waals surface area contributed by atoms with Crippen molar-refractivity contribution >= 4 is 22.3 Å². The summed E-state index contributed by atoms with van der Waals surface area (Å²) in [6, 6.07) is 6.52. The standard InChI is InChI=1S/C19H25N3O2/c1-12(2)22-17-6-5-14(21-10-13-3-4-13)9-15(17)18(19(22)23)16-11-24-8-7-20-16/h5-6,9,12-13,21,23H,3-4,7-8,10-11H2,1-2H3.